The molecule has 0 spiro atoms. The second kappa shape index (κ2) is 20.1. The molecule has 0 saturated heterocycles. The van der Waals surface area contributed by atoms with Gasteiger partial charge in [-0.05, 0) is 97.4 Å². The fraction of sp³-hybridized carbons (Fsp3) is 0.277. The number of amides is 2. The SMILES string of the molecule is CCCCN(Cc1ccc(Cl)c(Cl)c1)C(=O)c1nn(-c2ccc(C(=O)NS(=O)(=O)c3ccc4cccc(Cl)c4c3)cc2C(=O)c2cccc3c2CC(CN(C)CCO)NC3)c(C)c1Cl. The summed E-state index contributed by atoms with van der Waals surface area (Å²) in [6.07, 6.45) is 2.01. The summed E-state index contributed by atoms with van der Waals surface area (Å²) >= 11 is 25.8. The van der Waals surface area contributed by atoms with Crippen molar-refractivity contribution in [2.75, 3.05) is 33.3 Å². The lowest BCUT2D eigenvalue weighted by Crippen LogP contribution is -2.44. The quantitative estimate of drug-likeness (QED) is 0.0809. The molecule has 5 aromatic carbocycles. The van der Waals surface area contributed by atoms with Crippen molar-refractivity contribution in [2.24, 2.45) is 0 Å². The number of likely N-dealkylation sites (N-methyl/N-ethyl adjacent to an activating group) is 1. The molecule has 1 atom stereocenters. The number of aromatic nitrogens is 2. The normalized spacial score (nSPS) is 13.9. The minimum Gasteiger partial charge on any atom is -0.395 e. The lowest BCUT2D eigenvalue weighted by atomic mass is 9.87. The minimum absolute atomic E-state index is 0.00626. The predicted octanol–water partition coefficient (Wildman–Crippen LogP) is 8.68. The number of ketones is 1. The standard InChI is InChI=1S/C47H46Cl4N6O6S/c1-4-5-18-56(26-29-12-16-40(49)41(50)21-29)47(61)44-43(51)28(2)57(53-44)42-17-14-31(46(60)54-64(62,63)34-15-13-30-8-7-11-39(48)37(30)24-34)22-38(42)45(59)35-10-6-9-32-25-52-33(23-36(32)35)27-55(3)19-20-58/h6-17,21-22,24,33,52,58H,4-5,18-20,23,25-27H2,1-3H3,(H,54,60). The van der Waals surface area contributed by atoms with Gasteiger partial charge in [0.2, 0.25) is 0 Å². The van der Waals surface area contributed by atoms with Gasteiger partial charge in [-0.15, -0.1) is 0 Å². The monoisotopic (exact) mass is 962 g/mol. The van der Waals surface area contributed by atoms with Crippen molar-refractivity contribution in [3.63, 3.8) is 0 Å². The van der Waals surface area contributed by atoms with Gasteiger partial charge in [-0.2, -0.15) is 5.10 Å². The van der Waals surface area contributed by atoms with E-state index in [1.54, 1.807) is 66.4 Å². The number of nitrogens with one attached hydrogen (secondary N) is 2. The number of carbonyl (C=O) groups excluding carboxylic acids is 3. The van der Waals surface area contributed by atoms with Crippen molar-refractivity contribution in [1.29, 1.82) is 0 Å². The summed E-state index contributed by atoms with van der Waals surface area (Å²) in [7, 11) is -2.51. The van der Waals surface area contributed by atoms with Crippen molar-refractivity contribution >= 4 is 84.8 Å². The Morgan fingerprint density at radius 2 is 1.69 bits per heavy atom. The van der Waals surface area contributed by atoms with E-state index < -0.39 is 27.6 Å². The highest BCUT2D eigenvalue weighted by Gasteiger charge is 2.30. The first-order valence-electron chi connectivity index (χ1n) is 20.7. The fourth-order valence-electron chi connectivity index (χ4n) is 7.87. The van der Waals surface area contributed by atoms with Gasteiger partial charge in [0.05, 0.1) is 38.0 Å². The van der Waals surface area contributed by atoms with Crippen LogP contribution in [0, 0.1) is 6.92 Å². The van der Waals surface area contributed by atoms with Gasteiger partial charge >= 0.3 is 0 Å². The Morgan fingerprint density at radius 3 is 2.44 bits per heavy atom. The van der Waals surface area contributed by atoms with Crippen molar-refractivity contribution in [2.45, 2.75) is 57.1 Å². The van der Waals surface area contributed by atoms with E-state index in [4.69, 9.17) is 51.5 Å². The van der Waals surface area contributed by atoms with Gasteiger partial charge in [0.15, 0.2) is 11.5 Å². The molecule has 64 heavy (non-hydrogen) atoms. The van der Waals surface area contributed by atoms with Gasteiger partial charge in [0, 0.05) is 65.9 Å². The van der Waals surface area contributed by atoms with Crippen molar-refractivity contribution in [3.05, 3.63) is 156 Å². The Bertz CT molecular complexity index is 2890. The smallest absolute Gasteiger partial charge is 0.276 e. The van der Waals surface area contributed by atoms with Crippen LogP contribution in [0.4, 0.5) is 0 Å². The predicted molar refractivity (Wildman–Crippen MR) is 252 cm³/mol. The Balaban J connectivity index is 1.29. The molecular weight excluding hydrogens is 918 g/mol. The molecular formula is C47H46Cl4N6O6S. The largest absolute Gasteiger partial charge is 0.395 e. The van der Waals surface area contributed by atoms with Gasteiger partial charge in [-0.3, -0.25) is 14.4 Å². The lowest BCUT2D eigenvalue weighted by Gasteiger charge is -2.30. The van der Waals surface area contributed by atoms with Crippen LogP contribution in [0.2, 0.25) is 20.1 Å². The Hall–Kier alpha value is -4.83. The van der Waals surface area contributed by atoms with E-state index in [0.29, 0.717) is 70.7 Å². The van der Waals surface area contributed by atoms with Crippen molar-refractivity contribution in [3.8, 4) is 5.69 Å². The molecule has 1 aliphatic rings. The number of halogens is 4. The number of nitrogens with zero attached hydrogens (tertiary/aromatic N) is 4. The zero-order valence-electron chi connectivity index (χ0n) is 35.3. The highest BCUT2D eigenvalue weighted by Crippen LogP contribution is 2.32. The molecule has 6 aromatic rings. The van der Waals surface area contributed by atoms with E-state index in [2.05, 4.69) is 10.0 Å². The molecule has 0 aliphatic carbocycles. The molecule has 1 aliphatic heterocycles. The van der Waals surface area contributed by atoms with Crippen LogP contribution in [-0.4, -0.2) is 90.0 Å². The molecule has 0 bridgehead atoms. The topological polar surface area (TPSA) is 154 Å². The molecule has 3 N–H and O–H groups in total. The van der Waals surface area contributed by atoms with Crippen LogP contribution >= 0.6 is 46.4 Å². The summed E-state index contributed by atoms with van der Waals surface area (Å²) in [4.78, 5) is 46.9. The number of hydrogen-bond donors (Lipinski definition) is 3. The maximum Gasteiger partial charge on any atom is 0.276 e. The molecule has 1 unspecified atom stereocenters. The number of hydrogen-bond acceptors (Lipinski definition) is 9. The summed E-state index contributed by atoms with van der Waals surface area (Å²) in [5, 5.41) is 20.1. The first-order valence-corrected chi connectivity index (χ1v) is 23.7. The molecule has 2 amide bonds. The van der Waals surface area contributed by atoms with Crippen LogP contribution in [0.3, 0.4) is 0 Å². The molecule has 17 heteroatoms. The van der Waals surface area contributed by atoms with E-state index in [-0.39, 0.29) is 51.6 Å². The van der Waals surface area contributed by atoms with Crippen LogP contribution < -0.4 is 10.0 Å². The third-order valence-corrected chi connectivity index (χ3v) is 14.2. The minimum atomic E-state index is -4.42. The van der Waals surface area contributed by atoms with Crippen LogP contribution in [0.5, 0.6) is 0 Å². The van der Waals surface area contributed by atoms with Crippen LogP contribution in [-0.2, 0) is 29.5 Å². The van der Waals surface area contributed by atoms with Gasteiger partial charge < -0.3 is 20.2 Å². The zero-order chi connectivity index (χ0) is 45.9. The summed E-state index contributed by atoms with van der Waals surface area (Å²) in [5.41, 5.74) is 3.28. The summed E-state index contributed by atoms with van der Waals surface area (Å²) in [5.74, 6) is -1.88. The van der Waals surface area contributed by atoms with Gasteiger partial charge in [0.25, 0.3) is 21.8 Å². The van der Waals surface area contributed by atoms with Gasteiger partial charge in [-0.1, -0.05) is 102 Å². The van der Waals surface area contributed by atoms with Crippen LogP contribution in [0.15, 0.2) is 95.9 Å². The second-order valence-electron chi connectivity index (χ2n) is 15.8. The van der Waals surface area contributed by atoms with E-state index in [1.165, 1.54) is 35.0 Å². The fourth-order valence-corrected chi connectivity index (χ4v) is 9.62. The van der Waals surface area contributed by atoms with Gasteiger partial charge in [-0.25, -0.2) is 17.8 Å². The third kappa shape index (κ3) is 10.2. The molecule has 7 rings (SSSR count). The Labute approximate surface area is 392 Å². The first kappa shape index (κ1) is 47.1. The Morgan fingerprint density at radius 1 is 0.906 bits per heavy atom. The lowest BCUT2D eigenvalue weighted by molar-refractivity contribution is 0.0734. The summed E-state index contributed by atoms with van der Waals surface area (Å²) < 4.78 is 30.9. The summed E-state index contributed by atoms with van der Waals surface area (Å²) in [6.45, 7) is 5.88. The maximum atomic E-state index is 15.1. The number of unbranched alkanes of at least 4 members (excludes halogenated alkanes) is 1. The summed E-state index contributed by atoms with van der Waals surface area (Å²) in [6, 6.07) is 24.3. The number of benzene rings is 5. The van der Waals surface area contributed by atoms with E-state index >= 15 is 4.79 Å². The number of aliphatic hydroxyl groups is 1. The number of fused-ring (bicyclic) bond motifs is 2. The number of aliphatic hydroxyl groups excluding tert-OH is 1. The second-order valence-corrected chi connectivity index (χ2v) is 19.1. The van der Waals surface area contributed by atoms with Crippen molar-refractivity contribution < 1.29 is 27.9 Å². The molecule has 0 fully saturated rings. The molecule has 334 valence electrons. The third-order valence-electron chi connectivity index (χ3n) is 11.3. The average Bonchev–Trinajstić information content (AvgIpc) is 3.57. The first-order chi connectivity index (χ1) is 30.6. The molecule has 12 nitrogen and oxygen atoms in total. The van der Waals surface area contributed by atoms with E-state index in [0.717, 1.165) is 28.5 Å². The van der Waals surface area contributed by atoms with Crippen molar-refractivity contribution in [1.82, 2.24) is 29.6 Å². The number of rotatable bonds is 16. The van der Waals surface area contributed by atoms with E-state index in [1.807, 2.05) is 24.9 Å². The number of sulfonamides is 1. The number of carbonyl (C=O) groups is 3. The van der Waals surface area contributed by atoms with Crippen LogP contribution in [0.25, 0.3) is 16.5 Å². The average molecular weight is 965 g/mol. The Kier molecular flexibility index (Phi) is 14.8. The highest BCUT2D eigenvalue weighted by atomic mass is 35.5. The molecule has 1 aromatic heterocycles. The molecule has 2 heterocycles. The van der Waals surface area contributed by atoms with E-state index in [9.17, 15) is 23.1 Å². The van der Waals surface area contributed by atoms with Crippen LogP contribution in [0.1, 0.15) is 78.9 Å². The molecule has 0 radical (unpaired) electrons. The van der Waals surface area contributed by atoms with Gasteiger partial charge in [0.1, 0.15) is 0 Å². The maximum absolute atomic E-state index is 15.1. The zero-order valence-corrected chi connectivity index (χ0v) is 39.1. The highest BCUT2D eigenvalue weighted by molar-refractivity contribution is 7.90. The molecule has 0 saturated carbocycles.